The van der Waals surface area contributed by atoms with Crippen molar-refractivity contribution in [1.29, 1.82) is 0 Å². The van der Waals surface area contributed by atoms with Crippen molar-refractivity contribution in [2.45, 2.75) is 50.9 Å². The molecule has 1 aromatic carbocycles. The van der Waals surface area contributed by atoms with Crippen molar-refractivity contribution in [3.63, 3.8) is 0 Å². The smallest absolute Gasteiger partial charge is 0.327 e. The van der Waals surface area contributed by atoms with Gasteiger partial charge in [0.05, 0.1) is 12.6 Å². The summed E-state index contributed by atoms with van der Waals surface area (Å²) in [7, 11) is 0. The van der Waals surface area contributed by atoms with Crippen molar-refractivity contribution in [3.05, 3.63) is 36.0 Å². The maximum absolute atomic E-state index is 12.9. The number of thiol groups is 1. The summed E-state index contributed by atoms with van der Waals surface area (Å²) in [4.78, 5) is 52.3. The summed E-state index contributed by atoms with van der Waals surface area (Å²) in [6, 6.07) is 2.97. The highest BCUT2D eigenvalue weighted by atomic mass is 32.1. The number of rotatable bonds is 13. The van der Waals surface area contributed by atoms with E-state index in [1.165, 1.54) is 0 Å². The molecule has 0 spiro atoms. The second-order valence-electron chi connectivity index (χ2n) is 8.69. The van der Waals surface area contributed by atoms with Gasteiger partial charge in [-0.25, -0.2) is 4.79 Å². The van der Waals surface area contributed by atoms with Crippen LogP contribution in [0.1, 0.15) is 25.8 Å². The minimum atomic E-state index is -1.41. The molecular weight excluding hydrogens is 474 g/mol. The van der Waals surface area contributed by atoms with Gasteiger partial charge in [0.2, 0.25) is 17.7 Å². The number of carboxylic acids is 1. The van der Waals surface area contributed by atoms with Gasteiger partial charge in [-0.05, 0) is 30.4 Å². The van der Waals surface area contributed by atoms with Crippen LogP contribution in [0.5, 0.6) is 0 Å². The number of nitrogens with one attached hydrogen (secondary N) is 4. The lowest BCUT2D eigenvalue weighted by Gasteiger charge is -2.25. The van der Waals surface area contributed by atoms with E-state index in [0.29, 0.717) is 0 Å². The van der Waals surface area contributed by atoms with Crippen molar-refractivity contribution in [3.8, 4) is 0 Å². The molecule has 0 fully saturated rings. The van der Waals surface area contributed by atoms with E-state index in [0.717, 1.165) is 16.5 Å². The van der Waals surface area contributed by atoms with E-state index >= 15 is 0 Å². The molecule has 4 atom stereocenters. The van der Waals surface area contributed by atoms with Gasteiger partial charge in [-0.1, -0.05) is 32.0 Å². The number of nitrogens with two attached hydrogens (primary N) is 1. The maximum Gasteiger partial charge on any atom is 0.327 e. The molecule has 0 saturated carbocycles. The molecule has 1 aromatic heterocycles. The quantitative estimate of drug-likeness (QED) is 0.169. The number of H-pyrrole nitrogens is 1. The van der Waals surface area contributed by atoms with Gasteiger partial charge in [-0.2, -0.15) is 12.6 Å². The van der Waals surface area contributed by atoms with Crippen molar-refractivity contribution in [1.82, 2.24) is 20.9 Å². The first-order valence-corrected chi connectivity index (χ1v) is 11.9. The Labute approximate surface area is 208 Å². The Kier molecular flexibility index (Phi) is 10.6. The monoisotopic (exact) mass is 507 g/mol. The third-order valence-corrected chi connectivity index (χ3v) is 5.77. The van der Waals surface area contributed by atoms with Crippen molar-refractivity contribution in [2.75, 3.05) is 12.4 Å². The van der Waals surface area contributed by atoms with E-state index in [4.69, 9.17) is 10.8 Å². The lowest BCUT2D eigenvalue weighted by Crippen LogP contribution is -2.58. The third kappa shape index (κ3) is 7.98. The summed E-state index contributed by atoms with van der Waals surface area (Å²) in [5, 5.41) is 26.8. The van der Waals surface area contributed by atoms with Gasteiger partial charge < -0.3 is 36.9 Å². The van der Waals surface area contributed by atoms with E-state index in [2.05, 4.69) is 33.6 Å². The highest BCUT2D eigenvalue weighted by Crippen LogP contribution is 2.19. The summed E-state index contributed by atoms with van der Waals surface area (Å²) >= 11 is 3.87. The largest absolute Gasteiger partial charge is 0.480 e. The van der Waals surface area contributed by atoms with Crippen molar-refractivity contribution in [2.24, 2.45) is 11.7 Å². The molecule has 192 valence electrons. The molecule has 0 saturated heterocycles. The van der Waals surface area contributed by atoms with Crippen LogP contribution >= 0.6 is 12.6 Å². The number of carboxylic acid groups (broad SMARTS) is 1. The van der Waals surface area contributed by atoms with Crippen LogP contribution in [0, 0.1) is 5.92 Å². The lowest BCUT2D eigenvalue weighted by molar-refractivity contribution is -0.142. The van der Waals surface area contributed by atoms with Gasteiger partial charge in [-0.15, -0.1) is 0 Å². The van der Waals surface area contributed by atoms with E-state index < -0.39 is 54.5 Å². The first kappa shape index (κ1) is 28.1. The maximum atomic E-state index is 12.9. The lowest BCUT2D eigenvalue weighted by atomic mass is 10.0. The first-order chi connectivity index (χ1) is 16.6. The normalized spacial score (nSPS) is 14.7. The summed E-state index contributed by atoms with van der Waals surface area (Å²) in [5.74, 6) is -3.58. The zero-order chi connectivity index (χ0) is 26.1. The van der Waals surface area contributed by atoms with Crippen LogP contribution in [0.3, 0.4) is 0 Å². The molecule has 4 unspecified atom stereocenters. The number of carbonyl (C=O) groups is 4. The molecule has 8 N–H and O–H groups in total. The fourth-order valence-electron chi connectivity index (χ4n) is 3.54. The fourth-order valence-corrected chi connectivity index (χ4v) is 3.78. The second-order valence-corrected chi connectivity index (χ2v) is 9.05. The Bertz CT molecular complexity index is 1040. The number of aliphatic hydroxyl groups is 1. The van der Waals surface area contributed by atoms with Crippen LogP contribution < -0.4 is 21.7 Å². The minimum absolute atomic E-state index is 0.0119. The average Bonchev–Trinajstić information content (AvgIpc) is 3.22. The summed E-state index contributed by atoms with van der Waals surface area (Å²) in [5.41, 5.74) is 7.91. The molecule has 35 heavy (non-hydrogen) atoms. The molecular formula is C23H33N5O6S. The number of aliphatic carboxylic acids is 1. The van der Waals surface area contributed by atoms with Crippen LogP contribution in [0.2, 0.25) is 0 Å². The van der Waals surface area contributed by atoms with Gasteiger partial charge in [0.15, 0.2) is 0 Å². The molecule has 12 heteroatoms. The van der Waals surface area contributed by atoms with Gasteiger partial charge in [0.25, 0.3) is 0 Å². The molecule has 0 radical (unpaired) electrons. The van der Waals surface area contributed by atoms with Crippen LogP contribution in [-0.2, 0) is 25.6 Å². The molecule has 0 aliphatic heterocycles. The number of amides is 3. The second kappa shape index (κ2) is 13.1. The van der Waals surface area contributed by atoms with Crippen LogP contribution in [0.4, 0.5) is 0 Å². The number of hydrogen-bond acceptors (Lipinski definition) is 7. The van der Waals surface area contributed by atoms with Gasteiger partial charge in [0, 0.05) is 22.9 Å². The predicted molar refractivity (Wildman–Crippen MR) is 134 cm³/mol. The highest BCUT2D eigenvalue weighted by Gasteiger charge is 2.30. The highest BCUT2D eigenvalue weighted by molar-refractivity contribution is 7.80. The zero-order valence-corrected chi connectivity index (χ0v) is 20.5. The van der Waals surface area contributed by atoms with Gasteiger partial charge in [0.1, 0.15) is 18.1 Å². The summed E-state index contributed by atoms with van der Waals surface area (Å²) in [6.07, 6.45) is 2.29. The topological polar surface area (TPSA) is 187 Å². The molecule has 0 aliphatic carbocycles. The third-order valence-electron chi connectivity index (χ3n) is 5.40. The van der Waals surface area contributed by atoms with E-state index in [-0.39, 0.29) is 24.5 Å². The van der Waals surface area contributed by atoms with Crippen LogP contribution in [-0.4, -0.2) is 75.4 Å². The Morgan fingerprint density at radius 1 is 1.00 bits per heavy atom. The fraction of sp³-hybridized carbons (Fsp3) is 0.478. The van der Waals surface area contributed by atoms with Crippen LogP contribution in [0.25, 0.3) is 10.9 Å². The molecule has 11 nitrogen and oxygen atoms in total. The number of para-hydroxylation sites is 1. The number of hydrogen-bond donors (Lipinski definition) is 8. The van der Waals surface area contributed by atoms with Gasteiger partial charge in [-0.3, -0.25) is 14.4 Å². The Morgan fingerprint density at radius 2 is 1.60 bits per heavy atom. The van der Waals surface area contributed by atoms with Crippen molar-refractivity contribution < 1.29 is 29.4 Å². The summed E-state index contributed by atoms with van der Waals surface area (Å²) in [6.45, 7) is 2.95. The number of benzene rings is 1. The molecule has 1 heterocycles. The van der Waals surface area contributed by atoms with Gasteiger partial charge >= 0.3 is 5.97 Å². The molecule has 3 amide bonds. The van der Waals surface area contributed by atoms with Crippen molar-refractivity contribution >= 4 is 47.2 Å². The van der Waals surface area contributed by atoms with Crippen LogP contribution in [0.15, 0.2) is 30.5 Å². The first-order valence-electron chi connectivity index (χ1n) is 11.2. The zero-order valence-electron chi connectivity index (χ0n) is 19.7. The Morgan fingerprint density at radius 3 is 2.20 bits per heavy atom. The summed E-state index contributed by atoms with van der Waals surface area (Å²) < 4.78 is 0. The molecule has 2 aromatic rings. The Balaban J connectivity index is 2.06. The minimum Gasteiger partial charge on any atom is -0.480 e. The number of fused-ring (bicyclic) bond motifs is 1. The van der Waals surface area contributed by atoms with E-state index in [1.54, 1.807) is 6.20 Å². The average molecular weight is 508 g/mol. The van der Waals surface area contributed by atoms with E-state index in [1.807, 2.05) is 38.1 Å². The molecule has 0 aliphatic rings. The number of aliphatic hydroxyl groups excluding tert-OH is 1. The predicted octanol–water partition coefficient (Wildman–Crippen LogP) is -0.455. The molecule has 0 bridgehead atoms. The molecule has 2 rings (SSSR count). The SMILES string of the molecule is CC(C)CC(NC(=O)C(N)Cc1c[nH]c2ccccc12)C(=O)NC(CO)C(=O)NC(CS)C(=O)O. The standard InChI is InChI=1S/C23H33N5O6S/c1-12(2)7-17(21(31)27-18(10-29)22(32)28-19(11-35)23(33)34)26-20(30)15(24)8-13-9-25-16-6-4-3-5-14(13)16/h3-6,9,12,15,17-19,25,29,35H,7-8,10-11,24H2,1-2H3,(H,26,30)(H,27,31)(H,28,32)(H,33,34). The van der Waals surface area contributed by atoms with E-state index in [9.17, 15) is 24.3 Å². The number of aromatic amines is 1. The number of aromatic nitrogens is 1. The Hall–Kier alpha value is -3.09. The number of carbonyl (C=O) groups excluding carboxylic acids is 3.